The second-order valence-electron chi connectivity index (χ2n) is 2.59. The predicted octanol–water partition coefficient (Wildman–Crippen LogP) is 1.47. The van der Waals surface area contributed by atoms with E-state index >= 15 is 0 Å². The van der Waals surface area contributed by atoms with Crippen LogP contribution in [0.1, 0.15) is 5.69 Å². The molecule has 0 spiro atoms. The number of rotatable bonds is 3. The molecule has 4 nitrogen and oxygen atoms in total. The van der Waals surface area contributed by atoms with E-state index in [-0.39, 0.29) is 6.61 Å². The Bertz CT molecular complexity index is 364. The minimum absolute atomic E-state index is 0.0735. The van der Waals surface area contributed by atoms with Crippen molar-refractivity contribution in [2.75, 3.05) is 6.61 Å². The van der Waals surface area contributed by atoms with Crippen molar-refractivity contribution in [2.45, 2.75) is 6.42 Å². The van der Waals surface area contributed by atoms with E-state index < -0.39 is 0 Å². The molecule has 0 atom stereocenters. The summed E-state index contributed by atoms with van der Waals surface area (Å²) in [6.07, 6.45) is 3.59. The van der Waals surface area contributed by atoms with Gasteiger partial charge in [-0.05, 0) is 12.1 Å². The van der Waals surface area contributed by atoms with Crippen molar-refractivity contribution in [3.05, 3.63) is 30.4 Å². The molecule has 0 aliphatic carbocycles. The molecule has 2 heterocycles. The van der Waals surface area contributed by atoms with Gasteiger partial charge in [0.2, 0.25) is 0 Å². The topological polar surface area (TPSA) is 59.4 Å². The number of hydrogen-bond donors (Lipinski definition) is 1. The first kappa shape index (κ1) is 8.07. The number of oxazole rings is 1. The molecular formula is C9H9NO3. The fourth-order valence-corrected chi connectivity index (χ4v) is 1.05. The van der Waals surface area contributed by atoms with E-state index in [0.717, 1.165) is 5.69 Å². The third kappa shape index (κ3) is 1.62. The third-order valence-electron chi connectivity index (χ3n) is 1.65. The molecule has 0 unspecified atom stereocenters. The van der Waals surface area contributed by atoms with Crippen LogP contribution >= 0.6 is 0 Å². The molecule has 0 aliphatic heterocycles. The number of aromatic nitrogens is 1. The standard InChI is InChI=1S/C9H9NO3/c11-4-3-7-6-13-9(10-7)8-2-1-5-12-8/h1-2,5-6,11H,3-4H2. The molecule has 0 aliphatic rings. The van der Waals surface area contributed by atoms with Crippen LogP contribution in [0.5, 0.6) is 0 Å². The number of nitrogens with zero attached hydrogens (tertiary/aromatic N) is 1. The molecule has 0 fully saturated rings. The lowest BCUT2D eigenvalue weighted by molar-refractivity contribution is 0.298. The zero-order valence-corrected chi connectivity index (χ0v) is 6.93. The number of aliphatic hydroxyl groups excluding tert-OH is 1. The Balaban J connectivity index is 2.23. The second kappa shape index (κ2) is 3.45. The Morgan fingerprint density at radius 3 is 3.00 bits per heavy atom. The quantitative estimate of drug-likeness (QED) is 0.775. The van der Waals surface area contributed by atoms with E-state index in [4.69, 9.17) is 13.9 Å². The van der Waals surface area contributed by atoms with Gasteiger partial charge >= 0.3 is 0 Å². The molecular weight excluding hydrogens is 170 g/mol. The third-order valence-corrected chi connectivity index (χ3v) is 1.65. The highest BCUT2D eigenvalue weighted by Gasteiger charge is 2.07. The molecule has 4 heteroatoms. The normalized spacial score (nSPS) is 10.5. The van der Waals surface area contributed by atoms with Gasteiger partial charge in [0.05, 0.1) is 12.0 Å². The Labute approximate surface area is 74.8 Å². The first-order valence-corrected chi connectivity index (χ1v) is 3.99. The minimum Gasteiger partial charge on any atom is -0.459 e. The zero-order valence-electron chi connectivity index (χ0n) is 6.93. The van der Waals surface area contributed by atoms with Gasteiger partial charge < -0.3 is 13.9 Å². The summed E-state index contributed by atoms with van der Waals surface area (Å²) in [5.41, 5.74) is 0.730. The first-order chi connectivity index (χ1) is 6.40. The molecule has 2 rings (SSSR count). The van der Waals surface area contributed by atoms with Gasteiger partial charge in [0, 0.05) is 13.0 Å². The SMILES string of the molecule is OCCc1coc(-c2ccco2)n1. The van der Waals surface area contributed by atoms with Crippen molar-refractivity contribution in [1.29, 1.82) is 0 Å². The fraction of sp³-hybridized carbons (Fsp3) is 0.222. The zero-order chi connectivity index (χ0) is 9.10. The maximum Gasteiger partial charge on any atom is 0.262 e. The van der Waals surface area contributed by atoms with Gasteiger partial charge in [-0.3, -0.25) is 0 Å². The monoisotopic (exact) mass is 179 g/mol. The van der Waals surface area contributed by atoms with Crippen LogP contribution in [-0.4, -0.2) is 16.7 Å². The van der Waals surface area contributed by atoms with Crippen LogP contribution in [0.2, 0.25) is 0 Å². The lowest BCUT2D eigenvalue weighted by atomic mass is 10.3. The molecule has 1 N–H and O–H groups in total. The van der Waals surface area contributed by atoms with Crippen LogP contribution in [0.3, 0.4) is 0 Å². The molecule has 0 aromatic carbocycles. The Morgan fingerprint density at radius 2 is 2.31 bits per heavy atom. The summed E-state index contributed by atoms with van der Waals surface area (Å²) < 4.78 is 10.2. The van der Waals surface area contributed by atoms with E-state index in [0.29, 0.717) is 18.1 Å². The molecule has 2 aromatic rings. The summed E-state index contributed by atoms with van der Waals surface area (Å²) in [6, 6.07) is 3.54. The average molecular weight is 179 g/mol. The molecule has 0 bridgehead atoms. The molecule has 68 valence electrons. The summed E-state index contributed by atoms with van der Waals surface area (Å²) in [5, 5.41) is 8.65. The van der Waals surface area contributed by atoms with Gasteiger partial charge in [0.1, 0.15) is 6.26 Å². The number of furan rings is 1. The van der Waals surface area contributed by atoms with Crippen molar-refractivity contribution in [3.8, 4) is 11.7 Å². The summed E-state index contributed by atoms with van der Waals surface area (Å²) in [7, 11) is 0. The van der Waals surface area contributed by atoms with E-state index in [1.807, 2.05) is 0 Å². The van der Waals surface area contributed by atoms with Crippen molar-refractivity contribution in [3.63, 3.8) is 0 Å². The Morgan fingerprint density at radius 1 is 1.38 bits per heavy atom. The van der Waals surface area contributed by atoms with Crippen LogP contribution < -0.4 is 0 Å². The average Bonchev–Trinajstić information content (AvgIpc) is 2.70. The molecule has 0 radical (unpaired) electrons. The molecule has 13 heavy (non-hydrogen) atoms. The van der Waals surface area contributed by atoms with Crippen LogP contribution in [0, 0.1) is 0 Å². The summed E-state index contributed by atoms with van der Waals surface area (Å²) in [5.74, 6) is 1.05. The smallest absolute Gasteiger partial charge is 0.262 e. The van der Waals surface area contributed by atoms with Gasteiger partial charge in [0.25, 0.3) is 5.89 Å². The first-order valence-electron chi connectivity index (χ1n) is 3.99. The van der Waals surface area contributed by atoms with Crippen LogP contribution in [-0.2, 0) is 6.42 Å². The van der Waals surface area contributed by atoms with Crippen LogP contribution in [0.15, 0.2) is 33.5 Å². The van der Waals surface area contributed by atoms with Gasteiger partial charge in [-0.15, -0.1) is 0 Å². The van der Waals surface area contributed by atoms with Crippen molar-refractivity contribution < 1.29 is 13.9 Å². The van der Waals surface area contributed by atoms with Crippen molar-refractivity contribution in [2.24, 2.45) is 0 Å². The number of aliphatic hydroxyl groups is 1. The van der Waals surface area contributed by atoms with Gasteiger partial charge in [0.15, 0.2) is 5.76 Å². The molecule has 0 saturated heterocycles. The maximum absolute atomic E-state index is 8.65. The van der Waals surface area contributed by atoms with E-state index in [1.54, 1.807) is 18.4 Å². The molecule has 2 aromatic heterocycles. The Kier molecular flexibility index (Phi) is 2.14. The van der Waals surface area contributed by atoms with Gasteiger partial charge in [-0.25, -0.2) is 4.98 Å². The van der Waals surface area contributed by atoms with E-state index in [1.165, 1.54) is 6.26 Å². The second-order valence-corrected chi connectivity index (χ2v) is 2.59. The highest BCUT2D eigenvalue weighted by molar-refractivity contribution is 5.43. The summed E-state index contributed by atoms with van der Waals surface area (Å²) in [4.78, 5) is 4.12. The Hall–Kier alpha value is -1.55. The fourth-order valence-electron chi connectivity index (χ4n) is 1.05. The van der Waals surface area contributed by atoms with Crippen LogP contribution in [0.25, 0.3) is 11.7 Å². The van der Waals surface area contributed by atoms with Crippen molar-refractivity contribution in [1.82, 2.24) is 4.98 Å². The van der Waals surface area contributed by atoms with Crippen molar-refractivity contribution >= 4 is 0 Å². The summed E-state index contributed by atoms with van der Waals surface area (Å²) >= 11 is 0. The number of hydrogen-bond acceptors (Lipinski definition) is 4. The lowest BCUT2D eigenvalue weighted by Gasteiger charge is -1.86. The largest absolute Gasteiger partial charge is 0.459 e. The van der Waals surface area contributed by atoms with Crippen LogP contribution in [0.4, 0.5) is 0 Å². The molecule has 0 amide bonds. The summed E-state index contributed by atoms with van der Waals surface area (Å²) in [6.45, 7) is 0.0735. The highest BCUT2D eigenvalue weighted by atomic mass is 16.4. The van der Waals surface area contributed by atoms with E-state index in [9.17, 15) is 0 Å². The highest BCUT2D eigenvalue weighted by Crippen LogP contribution is 2.18. The van der Waals surface area contributed by atoms with Gasteiger partial charge in [-0.2, -0.15) is 0 Å². The van der Waals surface area contributed by atoms with E-state index in [2.05, 4.69) is 4.98 Å². The molecule has 0 saturated carbocycles. The predicted molar refractivity (Wildman–Crippen MR) is 45.0 cm³/mol. The minimum atomic E-state index is 0.0735. The van der Waals surface area contributed by atoms with Gasteiger partial charge in [-0.1, -0.05) is 0 Å². The maximum atomic E-state index is 8.65. The lowest BCUT2D eigenvalue weighted by Crippen LogP contribution is -1.89.